The van der Waals surface area contributed by atoms with Gasteiger partial charge in [-0.05, 0) is 37.1 Å². The maximum Gasteiger partial charge on any atom is 0.248 e. The first-order valence-corrected chi connectivity index (χ1v) is 5.38. The largest absolute Gasteiger partial charge is 0.550 e. The average molecular weight is 249 g/mol. The summed E-state index contributed by atoms with van der Waals surface area (Å²) in [7, 11) is 0. The molecule has 1 rings (SSSR count). The van der Waals surface area contributed by atoms with Gasteiger partial charge in [-0.3, -0.25) is 9.59 Å². The van der Waals surface area contributed by atoms with Crippen LogP contribution in [0.15, 0.2) is 24.3 Å². The minimum Gasteiger partial charge on any atom is -0.550 e. The zero-order valence-electron chi connectivity index (χ0n) is 9.64. The third-order valence-corrected chi connectivity index (χ3v) is 2.24. The quantitative estimate of drug-likeness (QED) is 0.717. The maximum absolute atomic E-state index is 11.4. The smallest absolute Gasteiger partial charge is 0.248 e. The molecule has 1 aromatic carbocycles. The molecule has 3 N–H and O–H groups in total. The van der Waals surface area contributed by atoms with Crippen molar-refractivity contribution < 1.29 is 19.5 Å². The fourth-order valence-corrected chi connectivity index (χ4v) is 1.33. The molecule has 0 saturated carbocycles. The maximum atomic E-state index is 11.4. The van der Waals surface area contributed by atoms with Gasteiger partial charge >= 0.3 is 0 Å². The Bertz CT molecular complexity index is 454. The Kier molecular flexibility index (Phi) is 4.86. The van der Waals surface area contributed by atoms with E-state index in [1.54, 1.807) is 12.1 Å². The Labute approximate surface area is 104 Å². The number of nitrogens with one attached hydrogen (secondary N) is 1. The molecule has 18 heavy (non-hydrogen) atoms. The second-order valence-electron chi connectivity index (χ2n) is 3.72. The van der Waals surface area contributed by atoms with Crippen LogP contribution in [0.1, 0.15) is 29.6 Å². The normalized spacial score (nSPS) is 9.78. The number of carbonyl (C=O) groups is 3. The summed E-state index contributed by atoms with van der Waals surface area (Å²) in [5.41, 5.74) is 5.95. The van der Waals surface area contributed by atoms with Gasteiger partial charge in [0.05, 0.1) is 0 Å². The highest BCUT2D eigenvalue weighted by atomic mass is 16.4. The van der Waals surface area contributed by atoms with Gasteiger partial charge in [-0.2, -0.15) is 0 Å². The van der Waals surface area contributed by atoms with Gasteiger partial charge in [-0.25, -0.2) is 0 Å². The van der Waals surface area contributed by atoms with Crippen molar-refractivity contribution in [3.8, 4) is 0 Å². The van der Waals surface area contributed by atoms with Crippen LogP contribution in [0.3, 0.4) is 0 Å². The van der Waals surface area contributed by atoms with E-state index in [0.717, 1.165) is 0 Å². The molecule has 0 spiro atoms. The number of carbonyl (C=O) groups excluding carboxylic acids is 3. The number of carboxylic acid groups (broad SMARTS) is 1. The van der Waals surface area contributed by atoms with E-state index in [1.807, 2.05) is 0 Å². The van der Waals surface area contributed by atoms with Crippen molar-refractivity contribution in [3.63, 3.8) is 0 Å². The molecule has 2 amide bonds. The van der Waals surface area contributed by atoms with Crippen LogP contribution in [0.4, 0.5) is 5.69 Å². The average Bonchev–Trinajstić information content (AvgIpc) is 2.29. The van der Waals surface area contributed by atoms with E-state index < -0.39 is 11.9 Å². The lowest BCUT2D eigenvalue weighted by atomic mass is 10.2. The van der Waals surface area contributed by atoms with Crippen LogP contribution < -0.4 is 16.2 Å². The second-order valence-corrected chi connectivity index (χ2v) is 3.72. The summed E-state index contributed by atoms with van der Waals surface area (Å²) in [5.74, 6) is -2.00. The molecule has 0 heterocycles. The fraction of sp³-hybridized carbons (Fsp3) is 0.250. The summed E-state index contributed by atoms with van der Waals surface area (Å²) < 4.78 is 0. The number of hydrogen-bond donors (Lipinski definition) is 2. The number of hydrogen-bond acceptors (Lipinski definition) is 4. The highest BCUT2D eigenvalue weighted by Crippen LogP contribution is 2.10. The predicted molar refractivity (Wildman–Crippen MR) is 62.4 cm³/mol. The van der Waals surface area contributed by atoms with E-state index in [2.05, 4.69) is 5.32 Å². The van der Waals surface area contributed by atoms with E-state index >= 15 is 0 Å². The summed E-state index contributed by atoms with van der Waals surface area (Å²) in [4.78, 5) is 32.4. The van der Waals surface area contributed by atoms with Gasteiger partial charge in [-0.15, -0.1) is 0 Å². The molecular formula is C12H13N2O4-. The molecule has 0 aliphatic carbocycles. The molecule has 0 radical (unpaired) electrons. The third-order valence-electron chi connectivity index (χ3n) is 2.24. The van der Waals surface area contributed by atoms with E-state index in [9.17, 15) is 19.5 Å². The molecule has 0 atom stereocenters. The number of carboxylic acids is 1. The molecule has 0 aromatic heterocycles. The van der Waals surface area contributed by atoms with Crippen molar-refractivity contribution in [2.45, 2.75) is 19.3 Å². The van der Waals surface area contributed by atoms with Crippen LogP contribution in [-0.4, -0.2) is 17.8 Å². The molecule has 6 nitrogen and oxygen atoms in total. The first kappa shape index (κ1) is 13.7. The molecule has 0 saturated heterocycles. The standard InChI is InChI=1S/C12H14N2O4/c13-12(18)8-4-6-9(7-5-8)14-10(15)2-1-3-11(16)17/h4-7H,1-3H2,(H2,13,18)(H,14,15)(H,16,17)/p-1. The molecule has 0 unspecified atom stereocenters. The van der Waals surface area contributed by atoms with Gasteiger partial charge in [0.15, 0.2) is 0 Å². The molecular weight excluding hydrogens is 236 g/mol. The molecule has 6 heteroatoms. The van der Waals surface area contributed by atoms with Crippen molar-refractivity contribution in [2.75, 3.05) is 5.32 Å². The summed E-state index contributed by atoms with van der Waals surface area (Å²) in [6.45, 7) is 0. The van der Waals surface area contributed by atoms with Crippen LogP contribution in [0.5, 0.6) is 0 Å². The molecule has 96 valence electrons. The lowest BCUT2D eigenvalue weighted by Gasteiger charge is -2.06. The summed E-state index contributed by atoms with van der Waals surface area (Å²) >= 11 is 0. The van der Waals surface area contributed by atoms with E-state index in [-0.39, 0.29) is 25.2 Å². The van der Waals surface area contributed by atoms with Crippen molar-refractivity contribution in [1.29, 1.82) is 0 Å². The highest BCUT2D eigenvalue weighted by molar-refractivity contribution is 5.94. The number of nitrogens with two attached hydrogens (primary N) is 1. The van der Waals surface area contributed by atoms with Gasteiger partial charge in [0.1, 0.15) is 0 Å². The van der Waals surface area contributed by atoms with E-state index in [0.29, 0.717) is 11.3 Å². The number of benzene rings is 1. The predicted octanol–water partition coefficient (Wildman–Crippen LogP) is -0.356. The second kappa shape index (κ2) is 6.39. The Morgan fingerprint density at radius 3 is 2.22 bits per heavy atom. The highest BCUT2D eigenvalue weighted by Gasteiger charge is 2.04. The van der Waals surface area contributed by atoms with Crippen LogP contribution in [0.25, 0.3) is 0 Å². The van der Waals surface area contributed by atoms with Crippen molar-refractivity contribution in [1.82, 2.24) is 0 Å². The van der Waals surface area contributed by atoms with Gasteiger partial charge in [0.2, 0.25) is 11.8 Å². The van der Waals surface area contributed by atoms with Crippen LogP contribution in [-0.2, 0) is 9.59 Å². The first-order valence-electron chi connectivity index (χ1n) is 5.38. The Morgan fingerprint density at radius 1 is 1.11 bits per heavy atom. The van der Waals surface area contributed by atoms with E-state index in [4.69, 9.17) is 5.73 Å². The van der Waals surface area contributed by atoms with E-state index in [1.165, 1.54) is 12.1 Å². The van der Waals surface area contributed by atoms with Crippen LogP contribution >= 0.6 is 0 Å². The molecule has 0 aliphatic heterocycles. The lowest BCUT2D eigenvalue weighted by molar-refractivity contribution is -0.305. The zero-order valence-corrected chi connectivity index (χ0v) is 9.64. The first-order chi connectivity index (χ1) is 8.49. The molecule has 0 aliphatic rings. The minimum absolute atomic E-state index is 0.103. The molecule has 1 aromatic rings. The third kappa shape index (κ3) is 4.65. The van der Waals surface area contributed by atoms with Crippen molar-refractivity contribution in [3.05, 3.63) is 29.8 Å². The SMILES string of the molecule is NC(=O)c1ccc(NC(=O)CCCC(=O)[O-])cc1. The number of amides is 2. The Hall–Kier alpha value is -2.37. The Balaban J connectivity index is 2.44. The Morgan fingerprint density at radius 2 is 1.72 bits per heavy atom. The van der Waals surface area contributed by atoms with Crippen LogP contribution in [0.2, 0.25) is 0 Å². The number of rotatable bonds is 6. The summed E-state index contributed by atoms with van der Waals surface area (Å²) in [6, 6.07) is 6.10. The zero-order chi connectivity index (χ0) is 13.5. The number of primary amides is 1. The lowest BCUT2D eigenvalue weighted by Crippen LogP contribution is -2.22. The van der Waals surface area contributed by atoms with Gasteiger partial charge in [0.25, 0.3) is 0 Å². The van der Waals surface area contributed by atoms with Gasteiger partial charge in [-0.1, -0.05) is 0 Å². The summed E-state index contributed by atoms with van der Waals surface area (Å²) in [5, 5.41) is 12.7. The molecule has 0 bridgehead atoms. The van der Waals surface area contributed by atoms with Gasteiger partial charge in [0, 0.05) is 23.6 Å². The van der Waals surface area contributed by atoms with Crippen LogP contribution in [0, 0.1) is 0 Å². The monoisotopic (exact) mass is 249 g/mol. The number of aliphatic carboxylic acids is 1. The van der Waals surface area contributed by atoms with Crippen molar-refractivity contribution in [2.24, 2.45) is 5.73 Å². The molecule has 0 fully saturated rings. The topological polar surface area (TPSA) is 112 Å². The van der Waals surface area contributed by atoms with Gasteiger partial charge < -0.3 is 21.0 Å². The fourth-order valence-electron chi connectivity index (χ4n) is 1.33. The minimum atomic E-state index is -1.17. The van der Waals surface area contributed by atoms with Crippen molar-refractivity contribution >= 4 is 23.5 Å². The number of anilines is 1. The summed E-state index contributed by atoms with van der Waals surface area (Å²) in [6.07, 6.45) is 0.188.